The Bertz CT molecular complexity index is 706. The van der Waals surface area contributed by atoms with Crippen LogP contribution >= 0.6 is 0 Å². The molecule has 5 heteroatoms. The molecule has 1 aromatic carbocycles. The molecule has 1 aliphatic carbocycles. The molecule has 1 aliphatic rings. The van der Waals surface area contributed by atoms with E-state index in [0.29, 0.717) is 23.8 Å². The van der Waals surface area contributed by atoms with Gasteiger partial charge in [-0.15, -0.1) is 0 Å². The SMILES string of the molecule is COc1ccc(Cn2nc(C3CCCCC3)c(C#N)c2N)cc1. The number of nitrogens with zero attached hydrogens (tertiary/aromatic N) is 3. The normalized spacial score (nSPS) is 15.3. The van der Waals surface area contributed by atoms with E-state index in [9.17, 15) is 5.26 Å². The van der Waals surface area contributed by atoms with Crippen LogP contribution in [0.25, 0.3) is 0 Å². The summed E-state index contributed by atoms with van der Waals surface area (Å²) in [7, 11) is 1.65. The van der Waals surface area contributed by atoms with Crippen molar-refractivity contribution in [2.24, 2.45) is 0 Å². The minimum atomic E-state index is 0.373. The predicted octanol–water partition coefficient (Wildman–Crippen LogP) is 3.44. The third-order valence-electron chi connectivity index (χ3n) is 4.61. The van der Waals surface area contributed by atoms with Gasteiger partial charge in [0.1, 0.15) is 23.2 Å². The number of nitrogens with two attached hydrogens (primary N) is 1. The first-order chi connectivity index (χ1) is 11.2. The summed E-state index contributed by atoms with van der Waals surface area (Å²) in [6.07, 6.45) is 5.91. The number of benzene rings is 1. The van der Waals surface area contributed by atoms with Gasteiger partial charge >= 0.3 is 0 Å². The summed E-state index contributed by atoms with van der Waals surface area (Å²) in [5, 5.41) is 14.2. The number of hydrogen-bond donors (Lipinski definition) is 1. The predicted molar refractivity (Wildman–Crippen MR) is 89.3 cm³/mol. The summed E-state index contributed by atoms with van der Waals surface area (Å²) < 4.78 is 6.93. The summed E-state index contributed by atoms with van der Waals surface area (Å²) in [4.78, 5) is 0. The van der Waals surface area contributed by atoms with Crippen LogP contribution in [0.5, 0.6) is 5.75 Å². The Balaban J connectivity index is 1.87. The lowest BCUT2D eigenvalue weighted by Gasteiger charge is -2.19. The smallest absolute Gasteiger partial charge is 0.140 e. The molecule has 0 amide bonds. The van der Waals surface area contributed by atoms with Gasteiger partial charge in [0, 0.05) is 5.92 Å². The highest BCUT2D eigenvalue weighted by molar-refractivity contribution is 5.53. The van der Waals surface area contributed by atoms with Crippen LogP contribution in [0.15, 0.2) is 24.3 Å². The molecule has 1 saturated carbocycles. The van der Waals surface area contributed by atoms with Crippen molar-refractivity contribution in [2.45, 2.75) is 44.6 Å². The number of aromatic nitrogens is 2. The number of rotatable bonds is 4. The average Bonchev–Trinajstić information content (AvgIpc) is 2.92. The van der Waals surface area contributed by atoms with E-state index in [1.54, 1.807) is 11.8 Å². The van der Waals surface area contributed by atoms with Crippen LogP contribution in [0.1, 0.15) is 54.8 Å². The van der Waals surface area contributed by atoms with Crippen molar-refractivity contribution in [2.75, 3.05) is 12.8 Å². The van der Waals surface area contributed by atoms with Crippen molar-refractivity contribution in [1.29, 1.82) is 5.26 Å². The molecule has 0 aliphatic heterocycles. The van der Waals surface area contributed by atoms with Gasteiger partial charge in [-0.05, 0) is 30.5 Å². The second-order valence-electron chi connectivity index (χ2n) is 6.10. The van der Waals surface area contributed by atoms with Crippen molar-refractivity contribution in [3.63, 3.8) is 0 Å². The van der Waals surface area contributed by atoms with Crippen molar-refractivity contribution in [3.8, 4) is 11.8 Å². The summed E-state index contributed by atoms with van der Waals surface area (Å²) in [5.74, 6) is 1.67. The first-order valence-electron chi connectivity index (χ1n) is 8.12. The molecule has 1 heterocycles. The quantitative estimate of drug-likeness (QED) is 0.938. The lowest BCUT2D eigenvalue weighted by Crippen LogP contribution is -2.08. The van der Waals surface area contributed by atoms with E-state index in [-0.39, 0.29) is 0 Å². The molecule has 0 bridgehead atoms. The summed E-state index contributed by atoms with van der Waals surface area (Å²) in [6, 6.07) is 10.1. The monoisotopic (exact) mass is 310 g/mol. The highest BCUT2D eigenvalue weighted by Crippen LogP contribution is 2.35. The minimum absolute atomic E-state index is 0.373. The van der Waals surface area contributed by atoms with E-state index in [2.05, 4.69) is 11.2 Å². The fourth-order valence-corrected chi connectivity index (χ4v) is 3.29. The van der Waals surface area contributed by atoms with E-state index in [1.165, 1.54) is 19.3 Å². The topological polar surface area (TPSA) is 76.9 Å². The van der Waals surface area contributed by atoms with Gasteiger partial charge in [-0.25, -0.2) is 4.68 Å². The molecule has 2 aromatic rings. The van der Waals surface area contributed by atoms with Crippen LogP contribution in [0.3, 0.4) is 0 Å². The Labute approximate surface area is 136 Å². The van der Waals surface area contributed by atoms with Gasteiger partial charge in [0.05, 0.1) is 19.3 Å². The largest absolute Gasteiger partial charge is 0.497 e. The zero-order valence-electron chi connectivity index (χ0n) is 13.5. The molecule has 120 valence electrons. The van der Waals surface area contributed by atoms with Crippen molar-refractivity contribution >= 4 is 5.82 Å². The number of ether oxygens (including phenoxy) is 1. The lowest BCUT2D eigenvalue weighted by atomic mass is 9.85. The molecule has 0 unspecified atom stereocenters. The van der Waals surface area contributed by atoms with E-state index < -0.39 is 0 Å². The molecule has 2 N–H and O–H groups in total. The molecule has 0 atom stereocenters. The fraction of sp³-hybridized carbons (Fsp3) is 0.444. The van der Waals surface area contributed by atoms with Crippen LogP contribution in [-0.4, -0.2) is 16.9 Å². The third-order valence-corrected chi connectivity index (χ3v) is 4.61. The minimum Gasteiger partial charge on any atom is -0.497 e. The van der Waals surface area contributed by atoms with Crippen LogP contribution in [-0.2, 0) is 6.54 Å². The van der Waals surface area contributed by atoms with Gasteiger partial charge in [-0.1, -0.05) is 31.4 Å². The van der Waals surface area contributed by atoms with Gasteiger partial charge in [0.15, 0.2) is 0 Å². The van der Waals surface area contributed by atoms with Crippen LogP contribution in [0, 0.1) is 11.3 Å². The molecule has 0 spiro atoms. The van der Waals surface area contributed by atoms with Gasteiger partial charge in [-0.2, -0.15) is 10.4 Å². The standard InChI is InChI=1S/C18H22N4O/c1-23-15-9-7-13(8-10-15)12-22-18(20)16(11-19)17(21-22)14-5-3-2-4-6-14/h7-10,14H,2-6,12,20H2,1H3. The highest BCUT2D eigenvalue weighted by Gasteiger charge is 2.24. The highest BCUT2D eigenvalue weighted by atomic mass is 16.5. The van der Waals surface area contributed by atoms with Crippen LogP contribution < -0.4 is 10.5 Å². The Morgan fingerprint density at radius 1 is 1.26 bits per heavy atom. The van der Waals surface area contributed by atoms with E-state index in [0.717, 1.165) is 29.8 Å². The number of methoxy groups -OCH3 is 1. The van der Waals surface area contributed by atoms with E-state index >= 15 is 0 Å². The molecular formula is C18H22N4O. The van der Waals surface area contributed by atoms with E-state index in [4.69, 9.17) is 10.5 Å². The fourth-order valence-electron chi connectivity index (χ4n) is 3.29. The number of anilines is 1. The maximum atomic E-state index is 9.48. The number of nitrogen functional groups attached to an aromatic ring is 1. The van der Waals surface area contributed by atoms with Crippen LogP contribution in [0.2, 0.25) is 0 Å². The summed E-state index contributed by atoms with van der Waals surface area (Å²) in [6.45, 7) is 0.567. The first kappa shape index (κ1) is 15.4. The van der Waals surface area contributed by atoms with Crippen molar-refractivity contribution < 1.29 is 4.74 Å². The van der Waals surface area contributed by atoms with Gasteiger partial charge in [0.25, 0.3) is 0 Å². The molecule has 1 aromatic heterocycles. The summed E-state index contributed by atoms with van der Waals surface area (Å²) >= 11 is 0. The molecule has 5 nitrogen and oxygen atoms in total. The lowest BCUT2D eigenvalue weighted by molar-refractivity contribution is 0.414. The molecular weight excluding hydrogens is 288 g/mol. The zero-order valence-corrected chi connectivity index (χ0v) is 13.5. The van der Waals surface area contributed by atoms with Gasteiger partial charge in [0.2, 0.25) is 0 Å². The maximum absolute atomic E-state index is 9.48. The Morgan fingerprint density at radius 3 is 2.57 bits per heavy atom. The van der Waals surface area contributed by atoms with Crippen molar-refractivity contribution in [3.05, 3.63) is 41.1 Å². The molecule has 0 saturated heterocycles. The molecule has 0 radical (unpaired) electrons. The maximum Gasteiger partial charge on any atom is 0.140 e. The second kappa shape index (κ2) is 6.74. The van der Waals surface area contributed by atoms with Crippen molar-refractivity contribution in [1.82, 2.24) is 9.78 Å². The molecule has 3 rings (SSSR count). The Kier molecular flexibility index (Phi) is 4.52. The van der Waals surface area contributed by atoms with Gasteiger partial charge in [-0.3, -0.25) is 0 Å². The molecule has 23 heavy (non-hydrogen) atoms. The second-order valence-corrected chi connectivity index (χ2v) is 6.10. The van der Waals surface area contributed by atoms with Crippen LogP contribution in [0.4, 0.5) is 5.82 Å². The Hall–Kier alpha value is -2.48. The van der Waals surface area contributed by atoms with Gasteiger partial charge < -0.3 is 10.5 Å². The van der Waals surface area contributed by atoms with E-state index in [1.807, 2.05) is 24.3 Å². The zero-order chi connectivity index (χ0) is 16.2. The number of nitriles is 1. The average molecular weight is 310 g/mol. The Morgan fingerprint density at radius 2 is 1.96 bits per heavy atom. The first-order valence-corrected chi connectivity index (χ1v) is 8.12. The number of hydrogen-bond acceptors (Lipinski definition) is 4. The molecule has 1 fully saturated rings. The summed E-state index contributed by atoms with van der Waals surface area (Å²) in [5.41, 5.74) is 8.71. The third kappa shape index (κ3) is 3.16.